The summed E-state index contributed by atoms with van der Waals surface area (Å²) in [5.74, 6) is 3.81. The van der Waals surface area contributed by atoms with Gasteiger partial charge in [0.05, 0.1) is 18.4 Å². The first-order chi connectivity index (χ1) is 13.4. The summed E-state index contributed by atoms with van der Waals surface area (Å²) in [7, 11) is 0. The molecule has 0 fully saturated rings. The zero-order chi connectivity index (χ0) is 20.1. The van der Waals surface area contributed by atoms with Gasteiger partial charge in [-0.05, 0) is 18.1 Å². The predicted molar refractivity (Wildman–Crippen MR) is 96.9 cm³/mol. The van der Waals surface area contributed by atoms with Crippen LogP contribution in [0.4, 0.5) is 18.9 Å². The van der Waals surface area contributed by atoms with Crippen LogP contribution < -0.4 is 10.9 Å². The summed E-state index contributed by atoms with van der Waals surface area (Å²) in [6, 6.07) is 4.21. The second-order valence-electron chi connectivity index (χ2n) is 5.39. The third kappa shape index (κ3) is 4.83. The first-order valence-electron chi connectivity index (χ1n) is 7.80. The van der Waals surface area contributed by atoms with Crippen LogP contribution >= 0.6 is 11.3 Å². The minimum Gasteiger partial charge on any atom is -0.320 e. The van der Waals surface area contributed by atoms with Crippen LogP contribution in [-0.4, -0.2) is 26.9 Å². The summed E-state index contributed by atoms with van der Waals surface area (Å²) in [5, 5.41) is 2.74. The van der Waals surface area contributed by atoms with Gasteiger partial charge >= 0.3 is 0 Å². The highest BCUT2D eigenvalue weighted by molar-refractivity contribution is 7.14. The van der Waals surface area contributed by atoms with Crippen molar-refractivity contribution in [3.05, 3.63) is 74.6 Å². The molecular formula is C18H11F3N4O2S. The van der Waals surface area contributed by atoms with Crippen molar-refractivity contribution < 1.29 is 18.0 Å². The Hall–Kier alpha value is -3.45. The molecule has 6 nitrogen and oxygen atoms in total. The lowest BCUT2D eigenvalue weighted by atomic mass is 10.3. The molecule has 3 aromatic rings. The molecule has 10 heteroatoms. The summed E-state index contributed by atoms with van der Waals surface area (Å²) < 4.78 is 39.1. The highest BCUT2D eigenvalue weighted by Gasteiger charge is 2.14. The largest absolute Gasteiger partial charge is 0.320 e. The average Bonchev–Trinajstić information content (AvgIpc) is 3.14. The molecule has 0 aromatic carbocycles. The Kier molecular flexibility index (Phi) is 5.86. The molecule has 0 bridgehead atoms. The number of hydrogen-bond acceptors (Lipinski definition) is 5. The monoisotopic (exact) mass is 404 g/mol. The number of nitrogens with zero attached hydrogens (tertiary/aromatic N) is 3. The topological polar surface area (TPSA) is 76.9 Å². The quantitative estimate of drug-likeness (QED) is 0.679. The van der Waals surface area contributed by atoms with E-state index in [4.69, 9.17) is 0 Å². The minimum atomic E-state index is -2.84. The lowest BCUT2D eigenvalue weighted by Gasteiger charge is -2.09. The van der Waals surface area contributed by atoms with Crippen molar-refractivity contribution in [1.82, 2.24) is 14.5 Å². The van der Waals surface area contributed by atoms with E-state index in [1.54, 1.807) is 24.5 Å². The second kappa shape index (κ2) is 8.49. The fourth-order valence-electron chi connectivity index (χ4n) is 2.14. The fraction of sp³-hybridized carbons (Fsp3) is 0.111. The molecule has 0 aliphatic carbocycles. The van der Waals surface area contributed by atoms with E-state index < -0.39 is 30.3 Å². The molecule has 1 N–H and O–H groups in total. The number of alkyl halides is 2. The van der Waals surface area contributed by atoms with Crippen LogP contribution in [0, 0.1) is 17.7 Å². The van der Waals surface area contributed by atoms with E-state index in [1.807, 2.05) is 0 Å². The lowest BCUT2D eigenvalue weighted by Crippen LogP contribution is -2.26. The van der Waals surface area contributed by atoms with E-state index >= 15 is 0 Å². The van der Waals surface area contributed by atoms with Crippen molar-refractivity contribution in [2.45, 2.75) is 13.0 Å². The maximum atomic E-state index is 13.6. The Labute approximate surface area is 160 Å². The van der Waals surface area contributed by atoms with E-state index in [-0.39, 0.29) is 10.6 Å². The van der Waals surface area contributed by atoms with Crippen LogP contribution in [0.1, 0.15) is 20.2 Å². The molecular weight excluding hydrogens is 393 g/mol. The summed E-state index contributed by atoms with van der Waals surface area (Å²) in [5.41, 5.74) is -0.585. The van der Waals surface area contributed by atoms with Gasteiger partial charge in [-0.3, -0.25) is 14.6 Å². The van der Waals surface area contributed by atoms with E-state index in [0.29, 0.717) is 9.57 Å². The van der Waals surface area contributed by atoms with Crippen molar-refractivity contribution in [2.24, 2.45) is 0 Å². The number of rotatable bonds is 4. The van der Waals surface area contributed by atoms with Gasteiger partial charge in [0.15, 0.2) is 10.8 Å². The van der Waals surface area contributed by atoms with Gasteiger partial charge in [-0.2, -0.15) is 0 Å². The molecule has 0 aliphatic rings. The highest BCUT2D eigenvalue weighted by Crippen LogP contribution is 2.15. The van der Waals surface area contributed by atoms with Gasteiger partial charge in [-0.15, -0.1) is 11.3 Å². The van der Waals surface area contributed by atoms with Crippen LogP contribution in [0.5, 0.6) is 0 Å². The average molecular weight is 404 g/mol. The molecule has 1 amide bonds. The standard InChI is InChI=1S/C18H11F3N4O2S/c19-13-7-12(9-25(18(13)27)10-15(20)21)24-17(26)14-8-23-16(28-14)2-1-11-3-5-22-6-4-11/h3-9,15H,10H2,(H,24,26). The van der Waals surface area contributed by atoms with Crippen LogP contribution in [0.3, 0.4) is 0 Å². The summed E-state index contributed by atoms with van der Waals surface area (Å²) in [6.45, 7) is -0.977. The minimum absolute atomic E-state index is 0.124. The Morgan fingerprint density at radius 3 is 2.75 bits per heavy atom. The molecule has 0 spiro atoms. The number of anilines is 1. The van der Waals surface area contributed by atoms with Gasteiger partial charge in [0, 0.05) is 30.2 Å². The van der Waals surface area contributed by atoms with Crippen LogP contribution in [-0.2, 0) is 6.54 Å². The number of carbonyl (C=O) groups excluding carboxylic acids is 1. The number of nitrogens with one attached hydrogen (secondary N) is 1. The number of hydrogen-bond donors (Lipinski definition) is 1. The first-order valence-corrected chi connectivity index (χ1v) is 8.61. The molecule has 0 radical (unpaired) electrons. The van der Waals surface area contributed by atoms with Gasteiger partial charge in [-0.25, -0.2) is 18.2 Å². The van der Waals surface area contributed by atoms with Crippen molar-refractivity contribution >= 4 is 22.9 Å². The maximum absolute atomic E-state index is 13.6. The molecule has 3 aromatic heterocycles. The third-order valence-electron chi connectivity index (χ3n) is 3.36. The van der Waals surface area contributed by atoms with Crippen LogP contribution in [0.15, 0.2) is 47.8 Å². The second-order valence-corrected chi connectivity index (χ2v) is 6.43. The molecule has 0 atom stereocenters. The first kappa shape index (κ1) is 19.3. The number of pyridine rings is 2. The zero-order valence-electron chi connectivity index (χ0n) is 14.0. The Morgan fingerprint density at radius 1 is 1.29 bits per heavy atom. The number of thiazole rings is 1. The predicted octanol–water partition coefficient (Wildman–Crippen LogP) is 2.76. The fourth-order valence-corrected chi connectivity index (χ4v) is 2.81. The summed E-state index contributed by atoms with van der Waals surface area (Å²) >= 11 is 1.01. The molecule has 0 saturated heterocycles. The molecule has 3 rings (SSSR count). The van der Waals surface area contributed by atoms with E-state index in [1.165, 1.54) is 6.20 Å². The number of aromatic nitrogens is 3. The van der Waals surface area contributed by atoms with Gasteiger partial charge in [-0.1, -0.05) is 5.92 Å². The maximum Gasteiger partial charge on any atom is 0.286 e. The summed E-state index contributed by atoms with van der Waals surface area (Å²) in [6.07, 6.45) is 2.60. The number of amides is 1. The van der Waals surface area contributed by atoms with Gasteiger partial charge in [0.25, 0.3) is 17.9 Å². The van der Waals surface area contributed by atoms with Crippen molar-refractivity contribution in [3.8, 4) is 11.8 Å². The third-order valence-corrected chi connectivity index (χ3v) is 4.27. The smallest absolute Gasteiger partial charge is 0.286 e. The number of carbonyl (C=O) groups is 1. The van der Waals surface area contributed by atoms with E-state index in [2.05, 4.69) is 27.1 Å². The van der Waals surface area contributed by atoms with Crippen LogP contribution in [0.2, 0.25) is 0 Å². The molecule has 0 unspecified atom stereocenters. The van der Waals surface area contributed by atoms with Gasteiger partial charge in [0.1, 0.15) is 4.88 Å². The highest BCUT2D eigenvalue weighted by atomic mass is 32.1. The zero-order valence-corrected chi connectivity index (χ0v) is 14.8. The summed E-state index contributed by atoms with van der Waals surface area (Å²) in [4.78, 5) is 31.9. The Bertz CT molecular complexity index is 1120. The molecule has 0 saturated carbocycles. The van der Waals surface area contributed by atoms with Gasteiger partial charge < -0.3 is 9.88 Å². The molecule has 0 aliphatic heterocycles. The van der Waals surface area contributed by atoms with Crippen molar-refractivity contribution in [2.75, 3.05) is 5.32 Å². The molecule has 3 heterocycles. The van der Waals surface area contributed by atoms with Crippen molar-refractivity contribution in [3.63, 3.8) is 0 Å². The van der Waals surface area contributed by atoms with E-state index in [9.17, 15) is 22.8 Å². The normalized spacial score (nSPS) is 10.4. The Morgan fingerprint density at radius 2 is 2.04 bits per heavy atom. The molecule has 142 valence electrons. The SMILES string of the molecule is O=C(Nc1cc(F)c(=O)n(CC(F)F)c1)c1cnc(C#Cc2ccncc2)s1. The van der Waals surface area contributed by atoms with Crippen molar-refractivity contribution in [1.29, 1.82) is 0 Å². The number of halogens is 3. The van der Waals surface area contributed by atoms with Crippen LogP contribution in [0.25, 0.3) is 0 Å². The van der Waals surface area contributed by atoms with Gasteiger partial charge in [0.2, 0.25) is 0 Å². The molecule has 28 heavy (non-hydrogen) atoms. The van der Waals surface area contributed by atoms with E-state index in [0.717, 1.165) is 29.2 Å². The Balaban J connectivity index is 1.76. The lowest BCUT2D eigenvalue weighted by molar-refractivity contribution is 0.103.